The number of hydrogen-bond acceptors (Lipinski definition) is 4. The minimum Gasteiger partial charge on any atom is -0.489 e. The first kappa shape index (κ1) is 25.6. The lowest BCUT2D eigenvalue weighted by molar-refractivity contribution is 0.183. The molecular weight excluding hydrogens is 449 g/mol. The molecule has 0 heterocycles. The fourth-order valence-electron chi connectivity index (χ4n) is 3.05. The average Bonchev–Trinajstić information content (AvgIpc) is 2.78. The second-order valence-corrected chi connectivity index (χ2v) is 9.03. The van der Waals surface area contributed by atoms with Gasteiger partial charge < -0.3 is 15.6 Å². The zero-order valence-corrected chi connectivity index (χ0v) is 20.0. The van der Waals surface area contributed by atoms with Crippen LogP contribution < -0.4 is 10.5 Å². The quantitative estimate of drug-likeness (QED) is 0.348. The SMILES string of the molecule is CCC(N)(CO)CCc1ccc(Sc2cccc(OCc3ccccc3)c2)cc1Cl.Cl. The smallest absolute Gasteiger partial charge is 0.120 e. The van der Waals surface area contributed by atoms with Crippen LogP contribution in [0.25, 0.3) is 0 Å². The van der Waals surface area contributed by atoms with Gasteiger partial charge in [-0.25, -0.2) is 0 Å². The van der Waals surface area contributed by atoms with Crippen LogP contribution in [0.5, 0.6) is 5.75 Å². The fraction of sp³-hybridized carbons (Fsp3) is 0.280. The van der Waals surface area contributed by atoms with Crippen LogP contribution in [0.4, 0.5) is 0 Å². The lowest BCUT2D eigenvalue weighted by atomic mass is 9.90. The van der Waals surface area contributed by atoms with Gasteiger partial charge in [-0.05, 0) is 60.7 Å². The van der Waals surface area contributed by atoms with Crippen LogP contribution in [-0.2, 0) is 13.0 Å². The van der Waals surface area contributed by atoms with Gasteiger partial charge in [-0.1, -0.05) is 72.8 Å². The number of aliphatic hydroxyl groups is 1. The van der Waals surface area contributed by atoms with E-state index < -0.39 is 5.54 Å². The van der Waals surface area contributed by atoms with E-state index in [1.54, 1.807) is 11.8 Å². The Labute approximate surface area is 200 Å². The molecule has 0 aromatic heterocycles. The Hall–Kier alpha value is -1.69. The van der Waals surface area contributed by atoms with Gasteiger partial charge in [0.15, 0.2) is 0 Å². The monoisotopic (exact) mass is 477 g/mol. The molecule has 3 N–H and O–H groups in total. The number of ether oxygens (including phenoxy) is 1. The van der Waals surface area contributed by atoms with E-state index in [4.69, 9.17) is 22.1 Å². The molecule has 166 valence electrons. The van der Waals surface area contributed by atoms with E-state index in [9.17, 15) is 5.11 Å². The summed E-state index contributed by atoms with van der Waals surface area (Å²) < 4.78 is 5.93. The van der Waals surface area contributed by atoms with Crippen molar-refractivity contribution in [2.24, 2.45) is 5.73 Å². The number of hydrogen-bond donors (Lipinski definition) is 2. The van der Waals surface area contributed by atoms with Crippen molar-refractivity contribution in [1.29, 1.82) is 0 Å². The molecule has 3 rings (SSSR count). The molecule has 1 atom stereocenters. The van der Waals surface area contributed by atoms with E-state index in [1.807, 2.05) is 55.5 Å². The first-order chi connectivity index (χ1) is 14.5. The van der Waals surface area contributed by atoms with Gasteiger partial charge in [-0.3, -0.25) is 0 Å². The van der Waals surface area contributed by atoms with Crippen molar-refractivity contribution in [3.8, 4) is 5.75 Å². The molecule has 0 spiro atoms. The van der Waals surface area contributed by atoms with Gasteiger partial charge in [0.2, 0.25) is 0 Å². The molecule has 0 aliphatic rings. The van der Waals surface area contributed by atoms with Gasteiger partial charge in [0, 0.05) is 20.4 Å². The first-order valence-corrected chi connectivity index (χ1v) is 11.3. The molecular formula is C25H29Cl2NO2S. The number of aryl methyl sites for hydroxylation is 1. The number of aliphatic hydroxyl groups excluding tert-OH is 1. The van der Waals surface area contributed by atoms with Crippen molar-refractivity contribution in [3.63, 3.8) is 0 Å². The summed E-state index contributed by atoms with van der Waals surface area (Å²) in [5.74, 6) is 0.842. The zero-order valence-electron chi connectivity index (χ0n) is 17.6. The molecule has 1 unspecified atom stereocenters. The predicted octanol–water partition coefficient (Wildman–Crippen LogP) is 6.52. The van der Waals surface area contributed by atoms with Gasteiger partial charge >= 0.3 is 0 Å². The summed E-state index contributed by atoms with van der Waals surface area (Å²) in [4.78, 5) is 2.16. The number of nitrogens with two attached hydrogens (primary N) is 1. The Bertz CT molecular complexity index is 949. The van der Waals surface area contributed by atoms with E-state index in [-0.39, 0.29) is 19.0 Å². The Balaban J connectivity index is 0.00000341. The number of benzene rings is 3. The van der Waals surface area contributed by atoms with Crippen LogP contribution >= 0.6 is 35.8 Å². The lowest BCUT2D eigenvalue weighted by Crippen LogP contribution is -2.43. The van der Waals surface area contributed by atoms with Crippen molar-refractivity contribution in [2.45, 2.75) is 48.1 Å². The van der Waals surface area contributed by atoms with Crippen LogP contribution in [0.15, 0.2) is 82.6 Å². The second kappa shape index (κ2) is 12.4. The minimum absolute atomic E-state index is 0. The molecule has 0 fully saturated rings. The minimum atomic E-state index is -0.545. The molecule has 0 aliphatic heterocycles. The van der Waals surface area contributed by atoms with Crippen LogP contribution in [0.2, 0.25) is 5.02 Å². The number of halogens is 2. The number of rotatable bonds is 10. The lowest BCUT2D eigenvalue weighted by Gasteiger charge is -2.25. The Morgan fingerprint density at radius 3 is 2.42 bits per heavy atom. The van der Waals surface area contributed by atoms with E-state index in [0.29, 0.717) is 13.0 Å². The third kappa shape index (κ3) is 7.74. The summed E-state index contributed by atoms with van der Waals surface area (Å²) in [6.07, 6.45) is 2.18. The molecule has 0 bridgehead atoms. The maximum Gasteiger partial charge on any atom is 0.120 e. The molecule has 6 heteroatoms. The highest BCUT2D eigenvalue weighted by molar-refractivity contribution is 7.99. The fourth-order valence-corrected chi connectivity index (χ4v) is 4.30. The standard InChI is InChI=1S/C25H28ClNO2S.ClH/c1-2-25(27,18-28)14-13-20-11-12-23(16-24(20)26)30-22-10-6-9-21(15-22)29-17-19-7-4-3-5-8-19;/h3-12,15-16,28H,2,13-14,17-18,27H2,1H3;1H. The average molecular weight is 478 g/mol. The van der Waals surface area contributed by atoms with Crippen LogP contribution in [0.3, 0.4) is 0 Å². The Kier molecular flexibility index (Phi) is 10.2. The van der Waals surface area contributed by atoms with Gasteiger partial charge in [0.1, 0.15) is 12.4 Å². The summed E-state index contributed by atoms with van der Waals surface area (Å²) in [5.41, 5.74) is 7.84. The highest BCUT2D eigenvalue weighted by Gasteiger charge is 2.21. The molecule has 0 aliphatic carbocycles. The Morgan fingerprint density at radius 2 is 1.74 bits per heavy atom. The van der Waals surface area contributed by atoms with Gasteiger partial charge in [0.25, 0.3) is 0 Å². The summed E-state index contributed by atoms with van der Waals surface area (Å²) in [6, 6.07) is 24.3. The predicted molar refractivity (Wildman–Crippen MR) is 133 cm³/mol. The van der Waals surface area contributed by atoms with Crippen LogP contribution in [0, 0.1) is 0 Å². The first-order valence-electron chi connectivity index (χ1n) is 10.1. The van der Waals surface area contributed by atoms with Gasteiger partial charge in [0.05, 0.1) is 6.61 Å². The molecule has 3 aromatic rings. The van der Waals surface area contributed by atoms with Crippen LogP contribution in [0.1, 0.15) is 30.9 Å². The maximum atomic E-state index is 9.49. The van der Waals surface area contributed by atoms with Gasteiger partial charge in [-0.15, -0.1) is 12.4 Å². The molecule has 0 amide bonds. The third-order valence-corrected chi connectivity index (χ3v) is 6.56. The highest BCUT2D eigenvalue weighted by atomic mass is 35.5. The molecule has 0 saturated carbocycles. The summed E-state index contributed by atoms with van der Waals surface area (Å²) in [7, 11) is 0. The topological polar surface area (TPSA) is 55.5 Å². The van der Waals surface area contributed by atoms with E-state index >= 15 is 0 Å². The van der Waals surface area contributed by atoms with Crippen molar-refractivity contribution >= 4 is 35.8 Å². The van der Waals surface area contributed by atoms with Gasteiger partial charge in [-0.2, -0.15) is 0 Å². The van der Waals surface area contributed by atoms with E-state index in [0.717, 1.165) is 44.5 Å². The van der Waals surface area contributed by atoms with E-state index in [1.165, 1.54) is 0 Å². The van der Waals surface area contributed by atoms with Crippen molar-refractivity contribution in [2.75, 3.05) is 6.61 Å². The summed E-state index contributed by atoms with van der Waals surface area (Å²) in [5, 5.41) is 10.2. The largest absolute Gasteiger partial charge is 0.489 e. The second-order valence-electron chi connectivity index (χ2n) is 7.48. The van der Waals surface area contributed by atoms with Crippen LogP contribution in [-0.4, -0.2) is 17.3 Å². The molecule has 0 radical (unpaired) electrons. The van der Waals surface area contributed by atoms with E-state index in [2.05, 4.69) is 24.3 Å². The zero-order chi connectivity index (χ0) is 21.4. The highest BCUT2D eigenvalue weighted by Crippen LogP contribution is 2.33. The summed E-state index contributed by atoms with van der Waals surface area (Å²) >= 11 is 8.17. The molecule has 0 saturated heterocycles. The van der Waals surface area contributed by atoms with Crippen molar-refractivity contribution in [3.05, 3.63) is 88.9 Å². The molecule has 31 heavy (non-hydrogen) atoms. The molecule has 3 nitrogen and oxygen atoms in total. The van der Waals surface area contributed by atoms with Crippen molar-refractivity contribution in [1.82, 2.24) is 0 Å². The third-order valence-electron chi connectivity index (χ3n) is 5.23. The maximum absolute atomic E-state index is 9.49. The summed E-state index contributed by atoms with van der Waals surface area (Å²) in [6.45, 7) is 2.52. The van der Waals surface area contributed by atoms with Crippen molar-refractivity contribution < 1.29 is 9.84 Å². The Morgan fingerprint density at radius 1 is 1.00 bits per heavy atom. The molecule has 3 aromatic carbocycles. The normalized spacial score (nSPS) is 12.6.